The Balaban J connectivity index is 1.66. The topological polar surface area (TPSA) is 67.9 Å². The Kier molecular flexibility index (Phi) is 3.78. The summed E-state index contributed by atoms with van der Waals surface area (Å²) in [5, 5.41) is 2.12. The molecule has 24 heavy (non-hydrogen) atoms. The highest BCUT2D eigenvalue weighted by Gasteiger charge is 2.26. The number of esters is 1. The molecule has 0 spiro atoms. The number of benzene rings is 2. The van der Waals surface area contributed by atoms with Crippen LogP contribution in [0, 0.1) is 0 Å². The fraction of sp³-hybridized carbons (Fsp3) is 0.263. The van der Waals surface area contributed by atoms with Gasteiger partial charge in [0.25, 0.3) is 0 Å². The maximum Gasteiger partial charge on any atom is 0.365 e. The molecular weight excluding hydrogens is 302 g/mol. The van der Waals surface area contributed by atoms with Crippen LogP contribution in [0.1, 0.15) is 18.4 Å². The third kappa shape index (κ3) is 2.78. The number of ether oxygens (including phenoxy) is 1. The summed E-state index contributed by atoms with van der Waals surface area (Å²) in [7, 11) is 0. The Bertz CT molecular complexity index is 843. The fourth-order valence-electron chi connectivity index (χ4n) is 3.15. The van der Waals surface area contributed by atoms with Gasteiger partial charge >= 0.3 is 5.97 Å². The Morgan fingerprint density at radius 1 is 1.12 bits per heavy atom. The van der Waals surface area contributed by atoms with Crippen LogP contribution in [-0.2, 0) is 9.53 Å². The Labute approximate surface area is 140 Å². The Morgan fingerprint density at radius 3 is 2.71 bits per heavy atom. The minimum absolute atomic E-state index is 0.255. The number of piperidine rings is 1. The Morgan fingerprint density at radius 2 is 1.88 bits per heavy atom. The van der Waals surface area contributed by atoms with Crippen LogP contribution >= 0.6 is 0 Å². The monoisotopic (exact) mass is 321 g/mol. The lowest BCUT2D eigenvalue weighted by atomic mass is 10.0. The molecule has 5 nitrogen and oxygen atoms in total. The van der Waals surface area contributed by atoms with Gasteiger partial charge < -0.3 is 15.4 Å². The molecule has 2 aromatic carbocycles. The lowest BCUT2D eigenvalue weighted by Crippen LogP contribution is -2.37. The van der Waals surface area contributed by atoms with Crippen molar-refractivity contribution in [1.29, 1.82) is 0 Å². The second-order valence-electron chi connectivity index (χ2n) is 6.22. The number of fused-ring (bicyclic) bond motifs is 1. The van der Waals surface area contributed by atoms with Crippen LogP contribution < -0.4 is 5.73 Å². The first-order valence-corrected chi connectivity index (χ1v) is 8.21. The van der Waals surface area contributed by atoms with E-state index in [1.54, 1.807) is 6.20 Å². The summed E-state index contributed by atoms with van der Waals surface area (Å²) >= 11 is 0. The van der Waals surface area contributed by atoms with Gasteiger partial charge in [-0.2, -0.15) is 0 Å². The van der Waals surface area contributed by atoms with Crippen molar-refractivity contribution in [2.24, 2.45) is 10.7 Å². The molecule has 2 N–H and O–H groups in total. The molecule has 1 saturated heterocycles. The molecule has 2 heterocycles. The maximum atomic E-state index is 12.2. The number of likely N-dealkylation sites (tertiary alicyclic amines) is 1. The van der Waals surface area contributed by atoms with Gasteiger partial charge in [-0.1, -0.05) is 36.4 Å². The average Bonchev–Trinajstić information content (AvgIpc) is 2.97. The van der Waals surface area contributed by atoms with Gasteiger partial charge in [-0.05, 0) is 29.7 Å². The number of aliphatic imine (C=N–C) groups is 1. The van der Waals surface area contributed by atoms with Crippen molar-refractivity contribution in [2.75, 3.05) is 13.1 Å². The molecule has 0 unspecified atom stereocenters. The van der Waals surface area contributed by atoms with E-state index in [1.165, 1.54) is 0 Å². The number of carbonyl (C=O) groups is 1. The van der Waals surface area contributed by atoms with Crippen LogP contribution in [0.5, 0.6) is 0 Å². The van der Waals surface area contributed by atoms with E-state index < -0.39 is 5.97 Å². The first-order chi connectivity index (χ1) is 11.7. The molecule has 0 bridgehead atoms. The minimum Gasteiger partial charge on any atom is -0.402 e. The third-order valence-electron chi connectivity index (χ3n) is 4.52. The van der Waals surface area contributed by atoms with Crippen molar-refractivity contribution in [3.63, 3.8) is 0 Å². The van der Waals surface area contributed by atoms with Crippen LogP contribution in [0.2, 0.25) is 0 Å². The van der Waals surface area contributed by atoms with Crippen molar-refractivity contribution in [1.82, 2.24) is 4.90 Å². The molecule has 4 rings (SSSR count). The zero-order valence-electron chi connectivity index (χ0n) is 13.3. The molecule has 0 aliphatic carbocycles. The van der Waals surface area contributed by atoms with Crippen LogP contribution in [0.15, 0.2) is 59.4 Å². The van der Waals surface area contributed by atoms with E-state index in [4.69, 9.17) is 10.5 Å². The van der Waals surface area contributed by atoms with Gasteiger partial charge in [-0.15, -0.1) is 0 Å². The summed E-state index contributed by atoms with van der Waals surface area (Å²) < 4.78 is 5.42. The average molecular weight is 321 g/mol. The highest BCUT2D eigenvalue weighted by atomic mass is 16.6. The smallest absolute Gasteiger partial charge is 0.365 e. The number of nitrogens with zero attached hydrogens (tertiary/aromatic N) is 2. The summed E-state index contributed by atoms with van der Waals surface area (Å²) in [6.07, 6.45) is 3.66. The van der Waals surface area contributed by atoms with Crippen molar-refractivity contribution in [3.8, 4) is 0 Å². The van der Waals surface area contributed by atoms with Gasteiger partial charge in [0.05, 0.1) is 0 Å². The molecule has 0 aromatic heterocycles. The Hall–Kier alpha value is -2.66. The predicted molar refractivity (Wildman–Crippen MR) is 93.4 cm³/mol. The number of nitrogens with two attached hydrogens (primary N) is 1. The zero-order chi connectivity index (χ0) is 16.5. The van der Waals surface area contributed by atoms with Gasteiger partial charge in [0.15, 0.2) is 5.70 Å². The van der Waals surface area contributed by atoms with E-state index >= 15 is 0 Å². The lowest BCUT2D eigenvalue weighted by molar-refractivity contribution is -0.130. The third-order valence-corrected chi connectivity index (χ3v) is 4.52. The first-order valence-electron chi connectivity index (χ1n) is 8.21. The first kappa shape index (κ1) is 14.9. The normalized spacial score (nSPS) is 20.5. The van der Waals surface area contributed by atoms with Gasteiger partial charge in [-0.25, -0.2) is 9.79 Å². The second kappa shape index (κ2) is 6.09. The SMILES string of the molecule is NC1CCN(C=C2N=C(c3cccc4ccccc34)OC2=O)CC1. The zero-order valence-corrected chi connectivity index (χ0v) is 13.3. The van der Waals surface area contributed by atoms with Crippen molar-refractivity contribution in [2.45, 2.75) is 18.9 Å². The summed E-state index contributed by atoms with van der Waals surface area (Å²) in [4.78, 5) is 18.7. The molecule has 0 saturated carbocycles. The number of hydrogen-bond acceptors (Lipinski definition) is 5. The molecule has 0 atom stereocenters. The molecule has 122 valence electrons. The van der Waals surface area contributed by atoms with E-state index in [2.05, 4.69) is 9.89 Å². The van der Waals surface area contributed by atoms with Gasteiger partial charge in [0.2, 0.25) is 5.90 Å². The van der Waals surface area contributed by atoms with Crippen LogP contribution in [-0.4, -0.2) is 35.9 Å². The van der Waals surface area contributed by atoms with Gasteiger partial charge in [0, 0.05) is 30.9 Å². The van der Waals surface area contributed by atoms with E-state index in [1.807, 2.05) is 42.5 Å². The quantitative estimate of drug-likeness (QED) is 0.681. The second-order valence-corrected chi connectivity index (χ2v) is 6.22. The summed E-state index contributed by atoms with van der Waals surface area (Å²) in [5.41, 5.74) is 7.11. The number of hydrogen-bond donors (Lipinski definition) is 1. The summed E-state index contributed by atoms with van der Waals surface area (Å²) in [6, 6.07) is 14.2. The molecule has 0 radical (unpaired) electrons. The summed E-state index contributed by atoms with van der Waals surface area (Å²) in [5.74, 6) is -0.0235. The standard InChI is InChI=1S/C19H19N3O2/c20-14-8-10-22(11-9-14)12-17-19(23)24-18(21-17)16-7-3-5-13-4-1-2-6-15(13)16/h1-7,12,14H,8-11,20H2. The molecule has 2 aromatic rings. The highest BCUT2D eigenvalue weighted by Crippen LogP contribution is 2.24. The number of cyclic esters (lactones) is 1. The minimum atomic E-state index is -0.396. The van der Waals surface area contributed by atoms with Crippen LogP contribution in [0.4, 0.5) is 0 Å². The van der Waals surface area contributed by atoms with E-state index in [-0.39, 0.29) is 6.04 Å². The molecule has 1 fully saturated rings. The van der Waals surface area contributed by atoms with E-state index in [9.17, 15) is 4.79 Å². The predicted octanol–water partition coefficient (Wildman–Crippen LogP) is 2.41. The van der Waals surface area contributed by atoms with Gasteiger partial charge in [0.1, 0.15) is 0 Å². The number of carbonyl (C=O) groups excluding carboxylic acids is 1. The lowest BCUT2D eigenvalue weighted by Gasteiger charge is -2.28. The maximum absolute atomic E-state index is 12.2. The van der Waals surface area contributed by atoms with Crippen molar-refractivity contribution in [3.05, 3.63) is 59.9 Å². The van der Waals surface area contributed by atoms with E-state index in [0.717, 1.165) is 42.3 Å². The summed E-state index contributed by atoms with van der Waals surface area (Å²) in [6.45, 7) is 1.69. The molecule has 2 aliphatic rings. The van der Waals surface area contributed by atoms with Crippen LogP contribution in [0.25, 0.3) is 10.8 Å². The van der Waals surface area contributed by atoms with Crippen LogP contribution in [0.3, 0.4) is 0 Å². The fourth-order valence-corrected chi connectivity index (χ4v) is 3.15. The molecular formula is C19H19N3O2. The largest absolute Gasteiger partial charge is 0.402 e. The molecule has 2 aliphatic heterocycles. The molecule has 0 amide bonds. The van der Waals surface area contributed by atoms with Crippen molar-refractivity contribution < 1.29 is 9.53 Å². The van der Waals surface area contributed by atoms with Crippen molar-refractivity contribution >= 4 is 22.6 Å². The highest BCUT2D eigenvalue weighted by molar-refractivity contribution is 6.16. The molecule has 5 heteroatoms. The number of rotatable bonds is 2. The van der Waals surface area contributed by atoms with E-state index in [0.29, 0.717) is 11.6 Å². The van der Waals surface area contributed by atoms with Gasteiger partial charge in [-0.3, -0.25) is 0 Å².